The van der Waals surface area contributed by atoms with Crippen LogP contribution in [0.15, 0.2) is 36.5 Å². The second-order valence-electron chi connectivity index (χ2n) is 6.02. The molecule has 2 unspecified atom stereocenters. The van der Waals surface area contributed by atoms with Gasteiger partial charge in [0, 0.05) is 12.5 Å². The van der Waals surface area contributed by atoms with Crippen LogP contribution in [0, 0.1) is 5.92 Å². The van der Waals surface area contributed by atoms with E-state index in [1.807, 2.05) is 37.3 Å². The van der Waals surface area contributed by atoms with E-state index in [-0.39, 0.29) is 23.6 Å². The van der Waals surface area contributed by atoms with Crippen LogP contribution in [-0.2, 0) is 0 Å². The number of carbonyl (C=O) groups excluding carboxylic acids is 1. The number of benzene rings is 1. The van der Waals surface area contributed by atoms with Crippen molar-refractivity contribution in [1.29, 1.82) is 0 Å². The molecule has 0 saturated heterocycles. The Bertz CT molecular complexity index is 684. The second kappa shape index (κ2) is 7.49. The maximum Gasteiger partial charge on any atom is 0.275 e. The summed E-state index contributed by atoms with van der Waals surface area (Å²) in [7, 11) is 0. The molecule has 1 fully saturated rings. The molecule has 2 atom stereocenters. The summed E-state index contributed by atoms with van der Waals surface area (Å²) in [6.07, 6.45) is 4.16. The normalized spacial score (nSPS) is 20.1. The quantitative estimate of drug-likeness (QED) is 0.851. The number of aliphatic hydroxyl groups is 1. The predicted octanol–water partition coefficient (Wildman–Crippen LogP) is 2.16. The van der Waals surface area contributed by atoms with Gasteiger partial charge in [-0.05, 0) is 31.9 Å². The zero-order valence-electron chi connectivity index (χ0n) is 13.8. The van der Waals surface area contributed by atoms with Gasteiger partial charge in [-0.25, -0.2) is 4.68 Å². The van der Waals surface area contributed by atoms with Gasteiger partial charge in [-0.1, -0.05) is 24.6 Å². The Kier molecular flexibility index (Phi) is 5.15. The first-order valence-corrected chi connectivity index (χ1v) is 8.43. The van der Waals surface area contributed by atoms with Gasteiger partial charge >= 0.3 is 0 Å². The molecule has 1 saturated carbocycles. The zero-order chi connectivity index (χ0) is 16.9. The van der Waals surface area contributed by atoms with Gasteiger partial charge in [0.05, 0.1) is 24.6 Å². The fourth-order valence-electron chi connectivity index (χ4n) is 3.05. The van der Waals surface area contributed by atoms with Crippen molar-refractivity contribution in [3.63, 3.8) is 0 Å². The van der Waals surface area contributed by atoms with Crippen LogP contribution in [0.1, 0.15) is 36.7 Å². The van der Waals surface area contributed by atoms with Gasteiger partial charge in [0.2, 0.25) is 0 Å². The summed E-state index contributed by atoms with van der Waals surface area (Å²) < 4.78 is 7.20. The van der Waals surface area contributed by atoms with Gasteiger partial charge in [-0.2, -0.15) is 5.10 Å². The average Bonchev–Trinajstić information content (AvgIpc) is 3.20. The molecule has 1 heterocycles. The largest absolute Gasteiger partial charge is 0.490 e. The molecule has 0 radical (unpaired) electrons. The Morgan fingerprint density at radius 3 is 2.83 bits per heavy atom. The van der Waals surface area contributed by atoms with Crippen LogP contribution in [-0.4, -0.2) is 40.0 Å². The second-order valence-corrected chi connectivity index (χ2v) is 6.02. The lowest BCUT2D eigenvalue weighted by molar-refractivity contribution is 0.0908. The smallest absolute Gasteiger partial charge is 0.275 e. The lowest BCUT2D eigenvalue weighted by atomic mass is 10.1. The van der Waals surface area contributed by atoms with Crippen LogP contribution in [0.4, 0.5) is 0 Å². The van der Waals surface area contributed by atoms with E-state index in [0.29, 0.717) is 18.9 Å². The van der Waals surface area contributed by atoms with E-state index < -0.39 is 0 Å². The molecule has 1 aromatic heterocycles. The summed E-state index contributed by atoms with van der Waals surface area (Å²) in [6, 6.07) is 9.59. The van der Waals surface area contributed by atoms with Crippen molar-refractivity contribution < 1.29 is 14.6 Å². The Balaban J connectivity index is 1.75. The van der Waals surface area contributed by atoms with Gasteiger partial charge in [0.1, 0.15) is 0 Å². The fourth-order valence-corrected chi connectivity index (χ4v) is 3.05. The summed E-state index contributed by atoms with van der Waals surface area (Å²) in [5.41, 5.74) is 1.14. The predicted molar refractivity (Wildman–Crippen MR) is 90.4 cm³/mol. The van der Waals surface area contributed by atoms with Gasteiger partial charge in [0.15, 0.2) is 11.4 Å². The van der Waals surface area contributed by atoms with Crippen molar-refractivity contribution in [3.8, 4) is 11.4 Å². The zero-order valence-corrected chi connectivity index (χ0v) is 13.8. The van der Waals surface area contributed by atoms with E-state index in [1.165, 1.54) is 0 Å². The molecule has 3 rings (SSSR count). The summed E-state index contributed by atoms with van der Waals surface area (Å²) >= 11 is 0. The van der Waals surface area contributed by atoms with E-state index in [1.54, 1.807) is 10.9 Å². The number of para-hydroxylation sites is 1. The number of ether oxygens (including phenoxy) is 1. The summed E-state index contributed by atoms with van der Waals surface area (Å²) in [6.45, 7) is 2.79. The minimum absolute atomic E-state index is 0.126. The topological polar surface area (TPSA) is 76.4 Å². The number of rotatable bonds is 6. The van der Waals surface area contributed by atoms with E-state index >= 15 is 0 Å². The van der Waals surface area contributed by atoms with Crippen molar-refractivity contribution in [1.82, 2.24) is 15.1 Å². The van der Waals surface area contributed by atoms with Crippen molar-refractivity contribution in [2.75, 3.05) is 13.2 Å². The van der Waals surface area contributed by atoms with Gasteiger partial charge in [-0.15, -0.1) is 0 Å². The molecule has 1 aliphatic carbocycles. The Hall–Kier alpha value is -2.34. The van der Waals surface area contributed by atoms with Crippen LogP contribution in [0.25, 0.3) is 5.69 Å². The number of nitrogens with one attached hydrogen (secondary N) is 1. The molecule has 24 heavy (non-hydrogen) atoms. The SMILES string of the molecule is CCOc1cn(-c2ccccc2)nc1C(=O)NCC1CCCC1O. The minimum atomic E-state index is -0.321. The molecule has 2 aromatic rings. The summed E-state index contributed by atoms with van der Waals surface area (Å²) in [4.78, 5) is 12.5. The number of aromatic nitrogens is 2. The van der Waals surface area contributed by atoms with Crippen molar-refractivity contribution in [3.05, 3.63) is 42.2 Å². The number of nitrogens with zero attached hydrogens (tertiary/aromatic N) is 2. The first-order chi connectivity index (χ1) is 11.7. The number of aliphatic hydroxyl groups excluding tert-OH is 1. The molecule has 1 aliphatic rings. The van der Waals surface area contributed by atoms with Crippen molar-refractivity contribution in [2.24, 2.45) is 5.92 Å². The average molecular weight is 329 g/mol. The monoisotopic (exact) mass is 329 g/mol. The van der Waals surface area contributed by atoms with Gasteiger partial charge < -0.3 is 15.2 Å². The molecule has 2 N–H and O–H groups in total. The third-order valence-electron chi connectivity index (χ3n) is 4.36. The summed E-state index contributed by atoms with van der Waals surface area (Å²) in [5, 5.41) is 17.1. The Morgan fingerprint density at radius 2 is 2.17 bits per heavy atom. The highest BCUT2D eigenvalue weighted by atomic mass is 16.5. The molecule has 1 amide bonds. The van der Waals surface area contributed by atoms with Crippen LogP contribution >= 0.6 is 0 Å². The Morgan fingerprint density at radius 1 is 1.38 bits per heavy atom. The highest BCUT2D eigenvalue weighted by molar-refractivity contribution is 5.95. The van der Waals surface area contributed by atoms with Crippen LogP contribution in [0.3, 0.4) is 0 Å². The molecule has 6 heteroatoms. The maximum atomic E-state index is 12.5. The van der Waals surface area contributed by atoms with Crippen molar-refractivity contribution in [2.45, 2.75) is 32.3 Å². The number of carbonyl (C=O) groups is 1. The third-order valence-corrected chi connectivity index (χ3v) is 4.36. The molecule has 0 spiro atoms. The molecular formula is C18H23N3O3. The fraction of sp³-hybridized carbons (Fsp3) is 0.444. The highest BCUT2D eigenvalue weighted by Crippen LogP contribution is 2.25. The minimum Gasteiger partial charge on any atom is -0.490 e. The first kappa shape index (κ1) is 16.5. The number of hydrogen-bond acceptors (Lipinski definition) is 4. The number of hydrogen-bond donors (Lipinski definition) is 2. The number of amides is 1. The van der Waals surface area contributed by atoms with E-state index in [9.17, 15) is 9.90 Å². The first-order valence-electron chi connectivity index (χ1n) is 8.43. The van der Waals surface area contributed by atoms with Gasteiger partial charge in [-0.3, -0.25) is 4.79 Å². The highest BCUT2D eigenvalue weighted by Gasteiger charge is 2.26. The van der Waals surface area contributed by atoms with E-state index in [0.717, 1.165) is 24.9 Å². The van der Waals surface area contributed by atoms with Crippen LogP contribution in [0.2, 0.25) is 0 Å². The lowest BCUT2D eigenvalue weighted by Gasteiger charge is -2.14. The van der Waals surface area contributed by atoms with Crippen LogP contribution < -0.4 is 10.1 Å². The van der Waals surface area contributed by atoms with Crippen LogP contribution in [0.5, 0.6) is 5.75 Å². The summed E-state index contributed by atoms with van der Waals surface area (Å²) in [5.74, 6) is 0.318. The van der Waals surface area contributed by atoms with E-state index in [2.05, 4.69) is 10.4 Å². The third kappa shape index (κ3) is 3.59. The van der Waals surface area contributed by atoms with Crippen molar-refractivity contribution >= 4 is 5.91 Å². The lowest BCUT2D eigenvalue weighted by Crippen LogP contribution is -2.33. The molecule has 0 bridgehead atoms. The molecule has 1 aromatic carbocycles. The standard InChI is InChI=1S/C18H23N3O3/c1-2-24-16-12-21(14-8-4-3-5-9-14)20-17(16)18(23)19-11-13-7-6-10-15(13)22/h3-5,8-9,12-13,15,22H,2,6-7,10-11H2,1H3,(H,19,23). The molecule has 6 nitrogen and oxygen atoms in total. The molecular weight excluding hydrogens is 306 g/mol. The van der Waals surface area contributed by atoms with E-state index in [4.69, 9.17) is 4.74 Å². The molecule has 128 valence electrons. The maximum absolute atomic E-state index is 12.5. The van der Waals surface area contributed by atoms with Gasteiger partial charge in [0.25, 0.3) is 5.91 Å². The Labute approximate surface area is 141 Å². The molecule has 0 aliphatic heterocycles.